The molecule has 2 aromatic carbocycles. The van der Waals surface area contributed by atoms with E-state index in [0.29, 0.717) is 39.2 Å². The molecular weight excluding hydrogens is 391 g/mol. The number of H-pyrrole nitrogens is 1. The first-order chi connectivity index (χ1) is 13.0. The van der Waals surface area contributed by atoms with E-state index in [-0.39, 0.29) is 12.4 Å². The fraction of sp³-hybridized carbons (Fsp3) is 0.222. The summed E-state index contributed by atoms with van der Waals surface area (Å²) < 4.78 is 27.0. The van der Waals surface area contributed by atoms with Crippen LogP contribution in [0.5, 0.6) is 11.5 Å². The predicted octanol–water partition coefficient (Wildman–Crippen LogP) is 4.37. The fourth-order valence-electron chi connectivity index (χ4n) is 2.51. The lowest BCUT2D eigenvalue weighted by Gasteiger charge is -2.15. The Hall–Kier alpha value is -2.58. The second-order valence-corrected chi connectivity index (χ2v) is 6.53. The Morgan fingerprint density at radius 3 is 2.78 bits per heavy atom. The quantitative estimate of drug-likeness (QED) is 0.568. The van der Waals surface area contributed by atoms with Gasteiger partial charge >= 0.3 is 0 Å². The van der Waals surface area contributed by atoms with Gasteiger partial charge in [-0.25, -0.2) is 9.07 Å². The summed E-state index contributed by atoms with van der Waals surface area (Å²) in [6.45, 7) is 2.31. The molecule has 27 heavy (non-hydrogen) atoms. The summed E-state index contributed by atoms with van der Waals surface area (Å²) in [7, 11) is 1.52. The van der Waals surface area contributed by atoms with Gasteiger partial charge in [0.1, 0.15) is 18.2 Å². The third-order valence-corrected chi connectivity index (χ3v) is 4.46. The van der Waals surface area contributed by atoms with E-state index < -0.39 is 0 Å². The van der Waals surface area contributed by atoms with Crippen molar-refractivity contribution in [3.05, 3.63) is 69.0 Å². The van der Waals surface area contributed by atoms with Crippen molar-refractivity contribution in [2.45, 2.75) is 20.1 Å². The number of hydrogen-bond acceptors (Lipinski definition) is 5. The van der Waals surface area contributed by atoms with Gasteiger partial charge in [-0.2, -0.15) is 5.10 Å². The zero-order valence-electron chi connectivity index (χ0n) is 14.8. The molecule has 9 heteroatoms. The molecule has 6 nitrogen and oxygen atoms in total. The molecule has 0 saturated carbocycles. The van der Waals surface area contributed by atoms with Crippen molar-refractivity contribution in [1.29, 1.82) is 0 Å². The molecule has 0 aliphatic rings. The molecule has 0 unspecified atom stereocenters. The summed E-state index contributed by atoms with van der Waals surface area (Å²) >= 11 is 11.5. The van der Waals surface area contributed by atoms with Gasteiger partial charge in [-0.3, -0.25) is 5.10 Å². The molecule has 0 fully saturated rings. The normalized spacial score (nSPS) is 10.7. The van der Waals surface area contributed by atoms with E-state index in [1.165, 1.54) is 13.2 Å². The van der Waals surface area contributed by atoms with Crippen LogP contribution in [0.1, 0.15) is 17.0 Å². The third-order valence-electron chi connectivity index (χ3n) is 3.90. The van der Waals surface area contributed by atoms with Crippen LogP contribution in [-0.2, 0) is 13.2 Å². The summed E-state index contributed by atoms with van der Waals surface area (Å²) in [6, 6.07) is 9.97. The lowest BCUT2D eigenvalue weighted by molar-refractivity contribution is 0.280. The Labute approximate surface area is 165 Å². The number of hydrogen-bond donors (Lipinski definition) is 2. The Balaban J connectivity index is 1.76. The highest BCUT2D eigenvalue weighted by Crippen LogP contribution is 2.37. The van der Waals surface area contributed by atoms with Crippen LogP contribution < -0.4 is 14.9 Å². The standard InChI is InChI=1S/C18H18ClFN4O2S/c1-11-22-23-18(27)24(11)21-9-12-7-14(19)17(16(8-12)25-2)26-10-13-5-3-4-6-15(13)20/h3-8,21H,9-10H2,1-2H3,(H,23,27). The zero-order valence-corrected chi connectivity index (χ0v) is 16.3. The molecule has 0 amide bonds. The van der Waals surface area contributed by atoms with Gasteiger partial charge in [-0.05, 0) is 42.9 Å². The van der Waals surface area contributed by atoms with E-state index in [2.05, 4.69) is 15.6 Å². The highest BCUT2D eigenvalue weighted by molar-refractivity contribution is 7.71. The number of benzene rings is 2. The molecule has 3 rings (SSSR count). The maximum absolute atomic E-state index is 13.8. The average Bonchev–Trinajstić information content (AvgIpc) is 2.97. The van der Waals surface area contributed by atoms with Crippen molar-refractivity contribution in [1.82, 2.24) is 14.9 Å². The van der Waals surface area contributed by atoms with Gasteiger partial charge in [0, 0.05) is 5.56 Å². The fourth-order valence-corrected chi connectivity index (χ4v) is 3.04. The highest BCUT2D eigenvalue weighted by Gasteiger charge is 2.14. The first-order valence-electron chi connectivity index (χ1n) is 8.10. The number of aromatic nitrogens is 3. The highest BCUT2D eigenvalue weighted by atomic mass is 35.5. The maximum Gasteiger partial charge on any atom is 0.214 e. The van der Waals surface area contributed by atoms with Crippen molar-refractivity contribution in [3.63, 3.8) is 0 Å². The van der Waals surface area contributed by atoms with Crippen LogP contribution in [0, 0.1) is 17.5 Å². The van der Waals surface area contributed by atoms with Crippen LogP contribution in [0.15, 0.2) is 36.4 Å². The molecule has 0 aliphatic carbocycles. The van der Waals surface area contributed by atoms with E-state index in [0.717, 1.165) is 5.56 Å². The van der Waals surface area contributed by atoms with Crippen LogP contribution in [0.2, 0.25) is 5.02 Å². The number of ether oxygens (including phenoxy) is 2. The van der Waals surface area contributed by atoms with Crippen molar-refractivity contribution in [2.75, 3.05) is 12.5 Å². The van der Waals surface area contributed by atoms with Crippen molar-refractivity contribution in [3.8, 4) is 11.5 Å². The third kappa shape index (κ3) is 4.40. The van der Waals surface area contributed by atoms with Crippen LogP contribution in [0.4, 0.5) is 4.39 Å². The Morgan fingerprint density at radius 2 is 2.11 bits per heavy atom. The Bertz CT molecular complexity index is 1010. The van der Waals surface area contributed by atoms with Crippen LogP contribution in [0.25, 0.3) is 0 Å². The number of nitrogens with zero attached hydrogens (tertiary/aromatic N) is 2. The first-order valence-corrected chi connectivity index (χ1v) is 8.88. The molecule has 1 heterocycles. The summed E-state index contributed by atoms with van der Waals surface area (Å²) in [5, 5.41) is 7.11. The molecule has 0 spiro atoms. The molecule has 0 saturated heterocycles. The van der Waals surface area contributed by atoms with Crippen molar-refractivity contribution < 1.29 is 13.9 Å². The topological polar surface area (TPSA) is 64.1 Å². The first kappa shape index (κ1) is 19.2. The van der Waals surface area contributed by atoms with Crippen LogP contribution in [0.3, 0.4) is 0 Å². The molecule has 0 bridgehead atoms. The number of aryl methyl sites for hydroxylation is 1. The van der Waals surface area contributed by atoms with Crippen LogP contribution in [-0.4, -0.2) is 22.0 Å². The van der Waals surface area contributed by atoms with Gasteiger partial charge in [-0.1, -0.05) is 29.8 Å². The van der Waals surface area contributed by atoms with E-state index >= 15 is 0 Å². The maximum atomic E-state index is 13.8. The molecule has 142 valence electrons. The minimum absolute atomic E-state index is 0.0454. The lowest BCUT2D eigenvalue weighted by Crippen LogP contribution is -2.16. The molecule has 2 N–H and O–H groups in total. The Kier molecular flexibility index (Phi) is 5.98. The van der Waals surface area contributed by atoms with Gasteiger partial charge in [0.25, 0.3) is 0 Å². The number of nitrogens with one attached hydrogen (secondary N) is 2. The molecule has 0 atom stereocenters. The molecule has 3 aromatic rings. The average molecular weight is 409 g/mol. The smallest absolute Gasteiger partial charge is 0.214 e. The van der Waals surface area contributed by atoms with E-state index in [1.54, 1.807) is 35.0 Å². The largest absolute Gasteiger partial charge is 0.493 e. The number of aromatic amines is 1. The molecule has 0 aliphatic heterocycles. The van der Waals surface area contributed by atoms with Gasteiger partial charge in [0.05, 0.1) is 18.7 Å². The summed E-state index contributed by atoms with van der Waals surface area (Å²) in [6.07, 6.45) is 0. The second kappa shape index (κ2) is 8.41. The molecule has 1 aromatic heterocycles. The minimum atomic E-state index is -0.333. The molecule has 0 radical (unpaired) electrons. The van der Waals surface area contributed by atoms with Gasteiger partial charge in [0.2, 0.25) is 4.77 Å². The van der Waals surface area contributed by atoms with E-state index in [4.69, 9.17) is 33.3 Å². The zero-order chi connectivity index (χ0) is 19.4. The van der Waals surface area contributed by atoms with Crippen LogP contribution >= 0.6 is 23.8 Å². The predicted molar refractivity (Wildman–Crippen MR) is 104 cm³/mol. The monoisotopic (exact) mass is 408 g/mol. The summed E-state index contributed by atoms with van der Waals surface area (Å²) in [4.78, 5) is 0. The van der Waals surface area contributed by atoms with E-state index in [9.17, 15) is 4.39 Å². The van der Waals surface area contributed by atoms with Gasteiger partial charge < -0.3 is 14.9 Å². The number of halogens is 2. The van der Waals surface area contributed by atoms with Crippen molar-refractivity contribution >= 4 is 23.8 Å². The van der Waals surface area contributed by atoms with Gasteiger partial charge in [0.15, 0.2) is 11.5 Å². The number of methoxy groups -OCH3 is 1. The SMILES string of the molecule is COc1cc(CNn2c(C)n[nH]c2=S)cc(Cl)c1OCc1ccccc1F. The molecular formula is C18H18ClFN4O2S. The number of rotatable bonds is 7. The second-order valence-electron chi connectivity index (χ2n) is 5.74. The van der Waals surface area contributed by atoms with Crippen molar-refractivity contribution in [2.24, 2.45) is 0 Å². The lowest BCUT2D eigenvalue weighted by atomic mass is 10.2. The van der Waals surface area contributed by atoms with E-state index in [1.807, 2.05) is 6.92 Å². The Morgan fingerprint density at radius 1 is 1.33 bits per heavy atom. The summed E-state index contributed by atoms with van der Waals surface area (Å²) in [5.74, 6) is 1.20. The summed E-state index contributed by atoms with van der Waals surface area (Å²) in [5.41, 5.74) is 4.45. The minimum Gasteiger partial charge on any atom is -0.493 e. The van der Waals surface area contributed by atoms with Gasteiger partial charge in [-0.15, -0.1) is 0 Å².